The first kappa shape index (κ1) is 11.8. The minimum absolute atomic E-state index is 0.818. The maximum absolute atomic E-state index is 5.60. The average molecular weight is 203 g/mol. The highest BCUT2D eigenvalue weighted by Crippen LogP contribution is 2.13. The topological polar surface area (TPSA) is 9.23 Å². The first-order valence-corrected chi connectivity index (χ1v) is 5.55. The zero-order valence-electron chi connectivity index (χ0n) is 9.41. The molecule has 0 aliphatic heterocycles. The van der Waals surface area contributed by atoms with E-state index in [9.17, 15) is 0 Å². The van der Waals surface area contributed by atoms with Crippen LogP contribution in [0.5, 0.6) is 5.75 Å². The second-order valence-electron chi connectivity index (χ2n) is 3.53. The molecule has 0 aliphatic rings. The van der Waals surface area contributed by atoms with Gasteiger partial charge in [-0.25, -0.2) is 0 Å². The summed E-state index contributed by atoms with van der Waals surface area (Å²) in [4.78, 5) is 0. The lowest BCUT2D eigenvalue weighted by Crippen LogP contribution is -1.96. The van der Waals surface area contributed by atoms with Gasteiger partial charge in [-0.15, -0.1) is 0 Å². The van der Waals surface area contributed by atoms with Crippen LogP contribution in [0.15, 0.2) is 30.3 Å². The normalized spacial score (nSPS) is 10.8. The molecule has 0 bridgehead atoms. The van der Waals surface area contributed by atoms with E-state index in [1.54, 1.807) is 6.08 Å². The van der Waals surface area contributed by atoms with Gasteiger partial charge in [-0.1, -0.05) is 44.1 Å². The Labute approximate surface area is 92.8 Å². The van der Waals surface area contributed by atoms with Crippen LogP contribution in [0.2, 0.25) is 0 Å². The highest BCUT2D eigenvalue weighted by Gasteiger charge is 1.93. The van der Waals surface area contributed by atoms with E-state index in [4.69, 9.17) is 4.74 Å². The van der Waals surface area contributed by atoms with E-state index in [-0.39, 0.29) is 0 Å². The van der Waals surface area contributed by atoms with E-state index < -0.39 is 0 Å². The molecule has 0 atom stereocenters. The predicted molar refractivity (Wildman–Crippen MR) is 65.9 cm³/mol. The SMILES string of the molecule is [CH2]C=Cc1ccc(OCCCCC)cc1. The third kappa shape index (κ3) is 4.68. The summed E-state index contributed by atoms with van der Waals surface area (Å²) in [7, 11) is 0. The maximum atomic E-state index is 5.60. The minimum atomic E-state index is 0.818. The summed E-state index contributed by atoms with van der Waals surface area (Å²) in [6.45, 7) is 6.67. The van der Waals surface area contributed by atoms with Crippen LogP contribution in [-0.2, 0) is 0 Å². The molecule has 0 saturated heterocycles. The summed E-state index contributed by atoms with van der Waals surface area (Å²) >= 11 is 0. The standard InChI is InChI=1S/C14H19O/c1-3-5-6-12-15-14-10-8-13(7-4-2)9-11-14/h4,7-11H,2-3,5-6,12H2,1H3. The van der Waals surface area contributed by atoms with Gasteiger partial charge in [-0.3, -0.25) is 0 Å². The molecule has 0 aromatic heterocycles. The molecule has 1 aromatic rings. The van der Waals surface area contributed by atoms with Crippen molar-refractivity contribution in [2.75, 3.05) is 6.61 Å². The van der Waals surface area contributed by atoms with Gasteiger partial charge in [0, 0.05) is 0 Å². The fraction of sp³-hybridized carbons (Fsp3) is 0.357. The zero-order valence-corrected chi connectivity index (χ0v) is 9.41. The molecule has 81 valence electrons. The largest absolute Gasteiger partial charge is 0.494 e. The summed E-state index contributed by atoms with van der Waals surface area (Å²) in [5.41, 5.74) is 1.16. The second-order valence-corrected chi connectivity index (χ2v) is 3.53. The molecule has 0 amide bonds. The molecular weight excluding hydrogens is 184 g/mol. The molecule has 1 heteroatoms. The Balaban J connectivity index is 2.36. The molecule has 0 heterocycles. The summed E-state index contributed by atoms with van der Waals surface area (Å²) in [6, 6.07) is 8.08. The number of rotatable bonds is 6. The summed E-state index contributed by atoms with van der Waals surface area (Å²) in [5, 5.41) is 0. The van der Waals surface area contributed by atoms with Crippen LogP contribution in [0, 0.1) is 6.92 Å². The van der Waals surface area contributed by atoms with Crippen molar-refractivity contribution in [3.63, 3.8) is 0 Å². The molecule has 0 N–H and O–H groups in total. The van der Waals surface area contributed by atoms with Crippen LogP contribution in [-0.4, -0.2) is 6.61 Å². The van der Waals surface area contributed by atoms with Crippen molar-refractivity contribution in [3.05, 3.63) is 42.8 Å². The molecule has 0 saturated carbocycles. The number of unbranched alkanes of at least 4 members (excludes halogenated alkanes) is 2. The van der Waals surface area contributed by atoms with E-state index >= 15 is 0 Å². The Morgan fingerprint density at radius 3 is 2.53 bits per heavy atom. The Morgan fingerprint density at radius 2 is 1.93 bits per heavy atom. The Bertz CT molecular complexity index is 285. The van der Waals surface area contributed by atoms with Crippen LogP contribution < -0.4 is 4.74 Å². The van der Waals surface area contributed by atoms with E-state index in [1.165, 1.54) is 12.8 Å². The quantitative estimate of drug-likeness (QED) is 0.632. The van der Waals surface area contributed by atoms with E-state index in [0.717, 1.165) is 24.3 Å². The van der Waals surface area contributed by atoms with Crippen LogP contribution in [0.3, 0.4) is 0 Å². The van der Waals surface area contributed by atoms with Crippen molar-refractivity contribution < 1.29 is 4.74 Å². The van der Waals surface area contributed by atoms with Crippen LogP contribution in [0.1, 0.15) is 31.7 Å². The van der Waals surface area contributed by atoms with Crippen LogP contribution in [0.25, 0.3) is 6.08 Å². The lowest BCUT2D eigenvalue weighted by molar-refractivity contribution is 0.306. The van der Waals surface area contributed by atoms with Gasteiger partial charge in [0.25, 0.3) is 0 Å². The van der Waals surface area contributed by atoms with Gasteiger partial charge in [0.05, 0.1) is 6.61 Å². The summed E-state index contributed by atoms with van der Waals surface area (Å²) in [6.07, 6.45) is 7.37. The second kappa shape index (κ2) is 7.10. The average Bonchev–Trinajstić information content (AvgIpc) is 2.27. The van der Waals surface area contributed by atoms with Gasteiger partial charge in [0.15, 0.2) is 0 Å². The number of hydrogen-bond donors (Lipinski definition) is 0. The number of allylic oxidation sites excluding steroid dienone is 1. The molecule has 0 fully saturated rings. The third-order valence-electron chi connectivity index (χ3n) is 2.21. The fourth-order valence-electron chi connectivity index (χ4n) is 1.35. The van der Waals surface area contributed by atoms with Gasteiger partial charge in [-0.05, 0) is 31.0 Å². The van der Waals surface area contributed by atoms with Crippen molar-refractivity contribution >= 4 is 6.08 Å². The van der Waals surface area contributed by atoms with Crippen molar-refractivity contribution in [2.45, 2.75) is 26.2 Å². The van der Waals surface area contributed by atoms with Gasteiger partial charge in [0.2, 0.25) is 0 Å². The van der Waals surface area contributed by atoms with E-state index in [0.29, 0.717) is 0 Å². The van der Waals surface area contributed by atoms with Crippen LogP contribution >= 0.6 is 0 Å². The predicted octanol–water partition coefficient (Wildman–Crippen LogP) is 4.10. The van der Waals surface area contributed by atoms with Crippen molar-refractivity contribution in [2.24, 2.45) is 0 Å². The molecule has 0 unspecified atom stereocenters. The highest BCUT2D eigenvalue weighted by molar-refractivity contribution is 5.50. The van der Waals surface area contributed by atoms with Crippen molar-refractivity contribution in [1.29, 1.82) is 0 Å². The van der Waals surface area contributed by atoms with E-state index in [2.05, 4.69) is 13.8 Å². The van der Waals surface area contributed by atoms with Gasteiger partial charge in [0.1, 0.15) is 5.75 Å². The molecule has 0 aliphatic carbocycles. The molecule has 1 nitrogen and oxygen atoms in total. The molecule has 15 heavy (non-hydrogen) atoms. The third-order valence-corrected chi connectivity index (χ3v) is 2.21. The number of ether oxygens (including phenoxy) is 1. The number of hydrogen-bond acceptors (Lipinski definition) is 1. The van der Waals surface area contributed by atoms with Gasteiger partial charge >= 0.3 is 0 Å². The molecule has 1 aromatic carbocycles. The molecule has 1 radical (unpaired) electrons. The zero-order chi connectivity index (χ0) is 10.9. The Hall–Kier alpha value is -1.24. The molecule has 1 rings (SSSR count). The molecule has 0 spiro atoms. The monoisotopic (exact) mass is 203 g/mol. The van der Waals surface area contributed by atoms with Gasteiger partial charge in [-0.2, -0.15) is 0 Å². The highest BCUT2D eigenvalue weighted by atomic mass is 16.5. The van der Waals surface area contributed by atoms with E-state index in [1.807, 2.05) is 30.3 Å². The summed E-state index contributed by atoms with van der Waals surface area (Å²) < 4.78 is 5.60. The first-order valence-electron chi connectivity index (χ1n) is 5.55. The van der Waals surface area contributed by atoms with Crippen molar-refractivity contribution in [1.82, 2.24) is 0 Å². The van der Waals surface area contributed by atoms with Crippen molar-refractivity contribution in [3.8, 4) is 5.75 Å². The number of benzene rings is 1. The van der Waals surface area contributed by atoms with Gasteiger partial charge < -0.3 is 4.74 Å². The Kier molecular flexibility index (Phi) is 5.60. The summed E-state index contributed by atoms with van der Waals surface area (Å²) in [5.74, 6) is 0.951. The fourth-order valence-corrected chi connectivity index (χ4v) is 1.35. The molecular formula is C14H19O. The smallest absolute Gasteiger partial charge is 0.119 e. The first-order chi connectivity index (χ1) is 7.36. The Morgan fingerprint density at radius 1 is 1.20 bits per heavy atom. The lowest BCUT2D eigenvalue weighted by Gasteiger charge is -2.05. The van der Waals surface area contributed by atoms with Crippen LogP contribution in [0.4, 0.5) is 0 Å². The maximum Gasteiger partial charge on any atom is 0.119 e. The minimum Gasteiger partial charge on any atom is -0.494 e. The lowest BCUT2D eigenvalue weighted by atomic mass is 10.2.